The van der Waals surface area contributed by atoms with Crippen LogP contribution in [0.15, 0.2) is 24.3 Å². The zero-order chi connectivity index (χ0) is 14.8. The van der Waals surface area contributed by atoms with Gasteiger partial charge in [0.15, 0.2) is 0 Å². The van der Waals surface area contributed by atoms with Gasteiger partial charge in [0.1, 0.15) is 0 Å². The molecule has 7 heteroatoms. The molecule has 1 aliphatic rings. The van der Waals surface area contributed by atoms with Gasteiger partial charge in [-0.15, -0.1) is 12.4 Å². The molecule has 1 aromatic carbocycles. The summed E-state index contributed by atoms with van der Waals surface area (Å²) in [5.41, 5.74) is -0.493. The minimum absolute atomic E-state index is 0. The largest absolute Gasteiger partial charge is 0.416 e. The maximum Gasteiger partial charge on any atom is 0.416 e. The normalized spacial score (nSPS) is 22.3. The van der Waals surface area contributed by atoms with E-state index in [4.69, 9.17) is 0 Å². The summed E-state index contributed by atoms with van der Waals surface area (Å²) in [5.74, 6) is -0.0142. The zero-order valence-electron chi connectivity index (χ0n) is 11.5. The van der Waals surface area contributed by atoms with Crippen LogP contribution in [-0.4, -0.2) is 25.0 Å². The van der Waals surface area contributed by atoms with Crippen molar-refractivity contribution in [3.63, 3.8) is 0 Å². The number of carbonyl (C=O) groups is 1. The molecule has 2 atom stereocenters. The molecule has 0 bridgehead atoms. The van der Waals surface area contributed by atoms with Crippen LogP contribution in [0.5, 0.6) is 0 Å². The Bertz CT molecular complexity index is 476. The highest BCUT2D eigenvalue weighted by Crippen LogP contribution is 2.29. The highest BCUT2D eigenvalue weighted by atomic mass is 35.5. The lowest BCUT2D eigenvalue weighted by Crippen LogP contribution is -2.48. The number of nitrogens with one attached hydrogen (secondary N) is 2. The Labute approximate surface area is 127 Å². The SMILES string of the molecule is CC1CNCCC1NC(=O)c1ccc(C(F)(F)F)cc1.Cl. The smallest absolute Gasteiger partial charge is 0.349 e. The Hall–Kier alpha value is -1.27. The highest BCUT2D eigenvalue weighted by molar-refractivity contribution is 5.94. The summed E-state index contributed by atoms with van der Waals surface area (Å²) in [7, 11) is 0. The molecule has 1 fully saturated rings. The van der Waals surface area contributed by atoms with Gasteiger partial charge in [-0.2, -0.15) is 13.2 Å². The van der Waals surface area contributed by atoms with Gasteiger partial charge in [0.05, 0.1) is 5.56 Å². The third kappa shape index (κ3) is 4.61. The number of carbonyl (C=O) groups excluding carboxylic acids is 1. The predicted molar refractivity (Wildman–Crippen MR) is 76.6 cm³/mol. The van der Waals surface area contributed by atoms with E-state index in [0.717, 1.165) is 31.6 Å². The number of rotatable bonds is 2. The second-order valence-electron chi connectivity index (χ2n) is 5.13. The number of piperidine rings is 1. The van der Waals surface area contributed by atoms with Crippen LogP contribution in [0.4, 0.5) is 13.2 Å². The van der Waals surface area contributed by atoms with E-state index in [1.165, 1.54) is 12.1 Å². The van der Waals surface area contributed by atoms with Gasteiger partial charge in [-0.05, 0) is 49.7 Å². The molecule has 2 rings (SSSR count). The molecule has 0 aliphatic carbocycles. The molecule has 21 heavy (non-hydrogen) atoms. The lowest BCUT2D eigenvalue weighted by molar-refractivity contribution is -0.137. The molecular formula is C14H18ClF3N2O. The summed E-state index contributed by atoms with van der Waals surface area (Å²) in [6.07, 6.45) is -3.55. The number of benzene rings is 1. The van der Waals surface area contributed by atoms with Crippen LogP contribution in [0.2, 0.25) is 0 Å². The van der Waals surface area contributed by atoms with Gasteiger partial charge in [-0.1, -0.05) is 6.92 Å². The molecule has 3 nitrogen and oxygen atoms in total. The Kier molecular flexibility index (Phi) is 6.04. The molecule has 0 spiro atoms. The molecule has 1 aromatic rings. The zero-order valence-corrected chi connectivity index (χ0v) is 12.4. The van der Waals surface area contributed by atoms with Gasteiger partial charge < -0.3 is 10.6 Å². The van der Waals surface area contributed by atoms with E-state index in [1.54, 1.807) is 0 Å². The molecule has 1 saturated heterocycles. The van der Waals surface area contributed by atoms with Crippen molar-refractivity contribution in [3.8, 4) is 0 Å². The van der Waals surface area contributed by atoms with Gasteiger partial charge in [0.25, 0.3) is 5.91 Å². The highest BCUT2D eigenvalue weighted by Gasteiger charge is 2.30. The first-order valence-electron chi connectivity index (χ1n) is 6.57. The van der Waals surface area contributed by atoms with Gasteiger partial charge in [0, 0.05) is 11.6 Å². The number of halogens is 4. The summed E-state index contributed by atoms with van der Waals surface area (Å²) in [6, 6.07) is 4.35. The molecule has 118 valence electrons. The van der Waals surface area contributed by atoms with Crippen LogP contribution in [-0.2, 0) is 6.18 Å². The summed E-state index contributed by atoms with van der Waals surface area (Å²) in [4.78, 5) is 12.0. The van der Waals surface area contributed by atoms with Crippen LogP contribution < -0.4 is 10.6 Å². The average molecular weight is 323 g/mol. The Balaban J connectivity index is 0.00000220. The molecular weight excluding hydrogens is 305 g/mol. The second kappa shape index (κ2) is 7.13. The van der Waals surface area contributed by atoms with Crippen molar-refractivity contribution in [2.45, 2.75) is 25.6 Å². The second-order valence-corrected chi connectivity index (χ2v) is 5.13. The summed E-state index contributed by atoms with van der Waals surface area (Å²) in [5, 5.41) is 6.11. The lowest BCUT2D eigenvalue weighted by Gasteiger charge is -2.30. The molecule has 1 heterocycles. The summed E-state index contributed by atoms with van der Waals surface area (Å²) in [6.45, 7) is 3.70. The molecule has 0 aromatic heterocycles. The minimum Gasteiger partial charge on any atom is -0.349 e. The van der Waals surface area contributed by atoms with Crippen LogP contribution in [0.3, 0.4) is 0 Å². The quantitative estimate of drug-likeness (QED) is 0.879. The van der Waals surface area contributed by atoms with Crippen molar-refractivity contribution in [1.82, 2.24) is 10.6 Å². The average Bonchev–Trinajstić information content (AvgIpc) is 2.40. The standard InChI is InChI=1S/C14H17F3N2O.ClH/c1-9-8-18-7-6-12(9)19-13(20)10-2-4-11(5-3-10)14(15,16)17;/h2-5,9,12,18H,6-8H2,1H3,(H,19,20);1H. The summed E-state index contributed by atoms with van der Waals surface area (Å²) < 4.78 is 37.3. The van der Waals surface area contributed by atoms with Crippen LogP contribution in [0, 0.1) is 5.92 Å². The topological polar surface area (TPSA) is 41.1 Å². The monoisotopic (exact) mass is 322 g/mol. The van der Waals surface area contributed by atoms with Crippen molar-refractivity contribution in [2.24, 2.45) is 5.92 Å². The van der Waals surface area contributed by atoms with Crippen molar-refractivity contribution >= 4 is 18.3 Å². The van der Waals surface area contributed by atoms with Gasteiger partial charge in [0.2, 0.25) is 0 Å². The van der Waals surface area contributed by atoms with E-state index in [2.05, 4.69) is 10.6 Å². The first-order valence-corrected chi connectivity index (χ1v) is 6.57. The first kappa shape index (κ1) is 17.8. The number of hydrogen-bond acceptors (Lipinski definition) is 2. The van der Waals surface area contributed by atoms with Crippen LogP contribution >= 0.6 is 12.4 Å². The molecule has 2 N–H and O–H groups in total. The maximum atomic E-state index is 12.4. The molecule has 1 amide bonds. The van der Waals surface area contributed by atoms with E-state index in [9.17, 15) is 18.0 Å². The fourth-order valence-electron chi connectivity index (χ4n) is 2.29. The maximum absolute atomic E-state index is 12.4. The van der Waals surface area contributed by atoms with Crippen molar-refractivity contribution in [1.29, 1.82) is 0 Å². The van der Waals surface area contributed by atoms with E-state index >= 15 is 0 Å². The van der Waals surface area contributed by atoms with E-state index in [-0.39, 0.29) is 29.9 Å². The Morgan fingerprint density at radius 3 is 2.43 bits per heavy atom. The third-order valence-electron chi connectivity index (χ3n) is 3.58. The number of hydrogen-bond donors (Lipinski definition) is 2. The molecule has 0 radical (unpaired) electrons. The van der Waals surface area contributed by atoms with Crippen LogP contribution in [0.1, 0.15) is 29.3 Å². The first-order chi connectivity index (χ1) is 9.38. The fraction of sp³-hybridized carbons (Fsp3) is 0.500. The molecule has 2 unspecified atom stereocenters. The van der Waals surface area contributed by atoms with Crippen molar-refractivity contribution in [3.05, 3.63) is 35.4 Å². The van der Waals surface area contributed by atoms with Crippen LogP contribution in [0.25, 0.3) is 0 Å². The molecule has 1 aliphatic heterocycles. The van der Waals surface area contributed by atoms with E-state index in [0.29, 0.717) is 5.92 Å². The van der Waals surface area contributed by atoms with Gasteiger partial charge in [-0.25, -0.2) is 0 Å². The van der Waals surface area contributed by atoms with Gasteiger partial charge >= 0.3 is 6.18 Å². The minimum atomic E-state index is -4.38. The number of amides is 1. The fourth-order valence-corrected chi connectivity index (χ4v) is 2.29. The third-order valence-corrected chi connectivity index (χ3v) is 3.58. The lowest BCUT2D eigenvalue weighted by atomic mass is 9.95. The van der Waals surface area contributed by atoms with E-state index in [1.807, 2.05) is 6.92 Å². The van der Waals surface area contributed by atoms with Crippen molar-refractivity contribution < 1.29 is 18.0 Å². The van der Waals surface area contributed by atoms with Gasteiger partial charge in [-0.3, -0.25) is 4.79 Å². The Morgan fingerprint density at radius 1 is 1.29 bits per heavy atom. The molecule has 0 saturated carbocycles. The predicted octanol–water partition coefficient (Wildman–Crippen LogP) is 2.86. The Morgan fingerprint density at radius 2 is 1.90 bits per heavy atom. The number of alkyl halides is 3. The summed E-state index contributed by atoms with van der Waals surface area (Å²) >= 11 is 0. The van der Waals surface area contributed by atoms with Crippen molar-refractivity contribution in [2.75, 3.05) is 13.1 Å². The van der Waals surface area contributed by atoms with E-state index < -0.39 is 11.7 Å².